The topological polar surface area (TPSA) is 23.5 Å². The molecule has 1 N–H and O–H groups in total. The first-order valence-electron chi connectivity index (χ1n) is 9.09. The normalized spacial score (nSPS) is 33.4. The molecule has 0 radical (unpaired) electrons. The van der Waals surface area contributed by atoms with Gasteiger partial charge in [-0.2, -0.15) is 0 Å². The van der Waals surface area contributed by atoms with Crippen LogP contribution in [0.15, 0.2) is 29.8 Å². The van der Waals surface area contributed by atoms with Crippen LogP contribution in [0, 0.1) is 16.7 Å². The molecule has 23 heavy (non-hydrogen) atoms. The third kappa shape index (κ3) is 2.34. The van der Waals surface area contributed by atoms with Gasteiger partial charge in [0, 0.05) is 24.2 Å². The Morgan fingerprint density at radius 2 is 1.74 bits per heavy atom. The standard InChI is InChI=1S/C21H31NO/c1-6-22(7-2)16-10-8-15(9-11-16)14-17-18-12-13-21(5,19(17)23)20(18,3)4/h8-11,14,18-19,23H,6-7,12-13H2,1-5H3. The van der Waals surface area contributed by atoms with Crippen LogP contribution in [0.2, 0.25) is 0 Å². The van der Waals surface area contributed by atoms with Gasteiger partial charge in [-0.1, -0.05) is 39.0 Å². The predicted molar refractivity (Wildman–Crippen MR) is 98.6 cm³/mol. The van der Waals surface area contributed by atoms with E-state index < -0.39 is 0 Å². The Morgan fingerprint density at radius 3 is 2.22 bits per heavy atom. The second-order valence-electron chi connectivity index (χ2n) is 8.04. The quantitative estimate of drug-likeness (QED) is 0.868. The zero-order valence-corrected chi connectivity index (χ0v) is 15.3. The van der Waals surface area contributed by atoms with Crippen molar-refractivity contribution in [1.29, 1.82) is 0 Å². The number of aliphatic hydroxyl groups excluding tert-OH is 1. The lowest BCUT2D eigenvalue weighted by Crippen LogP contribution is -2.35. The second-order valence-corrected chi connectivity index (χ2v) is 8.04. The Labute approximate surface area is 141 Å². The number of anilines is 1. The number of rotatable bonds is 4. The molecular weight excluding hydrogens is 282 g/mol. The molecule has 0 heterocycles. The number of benzene rings is 1. The maximum Gasteiger partial charge on any atom is 0.0815 e. The van der Waals surface area contributed by atoms with E-state index in [1.807, 2.05) is 0 Å². The van der Waals surface area contributed by atoms with Gasteiger partial charge < -0.3 is 10.0 Å². The minimum absolute atomic E-state index is 0.0324. The molecular formula is C21H31NO. The largest absolute Gasteiger partial charge is 0.388 e. The number of hydrogen-bond donors (Lipinski definition) is 1. The smallest absolute Gasteiger partial charge is 0.0815 e. The predicted octanol–water partition coefficient (Wildman–Crippen LogP) is 4.73. The third-order valence-electron chi connectivity index (χ3n) is 6.97. The van der Waals surface area contributed by atoms with Crippen LogP contribution in [-0.2, 0) is 0 Å². The maximum absolute atomic E-state index is 10.9. The van der Waals surface area contributed by atoms with Gasteiger partial charge in [0.2, 0.25) is 0 Å². The minimum atomic E-state index is -0.293. The molecule has 2 bridgehead atoms. The van der Waals surface area contributed by atoms with Gasteiger partial charge in [-0.15, -0.1) is 0 Å². The molecule has 2 aliphatic rings. The molecule has 3 atom stereocenters. The molecule has 1 aromatic carbocycles. The van der Waals surface area contributed by atoms with Gasteiger partial charge in [0.15, 0.2) is 0 Å². The van der Waals surface area contributed by atoms with E-state index in [1.165, 1.54) is 23.2 Å². The van der Waals surface area contributed by atoms with E-state index in [4.69, 9.17) is 0 Å². The lowest BCUT2D eigenvalue weighted by Gasteiger charge is -2.36. The average Bonchev–Trinajstić information content (AvgIpc) is 2.84. The molecule has 126 valence electrons. The van der Waals surface area contributed by atoms with E-state index in [0.717, 1.165) is 19.5 Å². The van der Waals surface area contributed by atoms with Crippen LogP contribution < -0.4 is 4.90 Å². The first-order chi connectivity index (χ1) is 10.8. The van der Waals surface area contributed by atoms with Gasteiger partial charge in [0.1, 0.15) is 0 Å². The molecule has 1 aromatic rings. The highest BCUT2D eigenvalue weighted by Crippen LogP contribution is 2.67. The van der Waals surface area contributed by atoms with E-state index in [9.17, 15) is 5.11 Å². The van der Waals surface area contributed by atoms with E-state index in [0.29, 0.717) is 5.92 Å². The van der Waals surface area contributed by atoms with Crippen molar-refractivity contribution < 1.29 is 5.11 Å². The van der Waals surface area contributed by atoms with Crippen LogP contribution in [0.1, 0.15) is 53.0 Å². The van der Waals surface area contributed by atoms with Crippen molar-refractivity contribution in [2.75, 3.05) is 18.0 Å². The lowest BCUT2D eigenvalue weighted by molar-refractivity contribution is 0.0264. The monoisotopic (exact) mass is 313 g/mol. The zero-order chi connectivity index (χ0) is 16.8. The lowest BCUT2D eigenvalue weighted by atomic mass is 9.70. The molecule has 0 saturated heterocycles. The van der Waals surface area contributed by atoms with Crippen LogP contribution in [0.5, 0.6) is 0 Å². The molecule has 2 heteroatoms. The molecule has 0 amide bonds. The van der Waals surface area contributed by atoms with Crippen molar-refractivity contribution >= 4 is 11.8 Å². The zero-order valence-electron chi connectivity index (χ0n) is 15.3. The van der Waals surface area contributed by atoms with Gasteiger partial charge >= 0.3 is 0 Å². The van der Waals surface area contributed by atoms with Crippen molar-refractivity contribution in [2.45, 2.75) is 53.6 Å². The van der Waals surface area contributed by atoms with Crippen molar-refractivity contribution in [3.05, 3.63) is 35.4 Å². The number of fused-ring (bicyclic) bond motifs is 2. The summed E-state index contributed by atoms with van der Waals surface area (Å²) >= 11 is 0. The van der Waals surface area contributed by atoms with E-state index in [-0.39, 0.29) is 16.9 Å². The Morgan fingerprint density at radius 1 is 1.13 bits per heavy atom. The first-order valence-corrected chi connectivity index (χ1v) is 9.09. The summed E-state index contributed by atoms with van der Waals surface area (Å²) in [5, 5.41) is 10.9. The molecule has 2 nitrogen and oxygen atoms in total. The molecule has 2 aliphatic carbocycles. The molecule has 0 aromatic heterocycles. The van der Waals surface area contributed by atoms with Gasteiger partial charge in [0.05, 0.1) is 6.10 Å². The fourth-order valence-corrected chi connectivity index (χ4v) is 4.90. The van der Waals surface area contributed by atoms with Crippen LogP contribution in [0.4, 0.5) is 5.69 Å². The van der Waals surface area contributed by atoms with E-state index >= 15 is 0 Å². The first kappa shape index (κ1) is 16.6. The van der Waals surface area contributed by atoms with Crippen molar-refractivity contribution in [3.8, 4) is 0 Å². The summed E-state index contributed by atoms with van der Waals surface area (Å²) in [6.45, 7) is 13.4. The van der Waals surface area contributed by atoms with Crippen molar-refractivity contribution in [3.63, 3.8) is 0 Å². The summed E-state index contributed by atoms with van der Waals surface area (Å²) in [4.78, 5) is 2.35. The highest BCUT2D eigenvalue weighted by molar-refractivity contribution is 5.60. The third-order valence-corrected chi connectivity index (χ3v) is 6.97. The van der Waals surface area contributed by atoms with E-state index in [2.05, 4.69) is 69.9 Å². The Kier molecular flexibility index (Phi) is 4.08. The molecule has 0 spiro atoms. The number of nitrogens with zero attached hydrogens (tertiary/aromatic N) is 1. The average molecular weight is 313 g/mol. The summed E-state index contributed by atoms with van der Waals surface area (Å²) in [5.74, 6) is 0.518. The molecule has 3 unspecified atom stereocenters. The van der Waals surface area contributed by atoms with Crippen LogP contribution in [-0.4, -0.2) is 24.3 Å². The molecule has 3 rings (SSSR count). The van der Waals surface area contributed by atoms with Gasteiger partial charge in [-0.25, -0.2) is 0 Å². The summed E-state index contributed by atoms with van der Waals surface area (Å²) in [6.07, 6.45) is 4.31. The van der Waals surface area contributed by atoms with Crippen molar-refractivity contribution in [1.82, 2.24) is 0 Å². The maximum atomic E-state index is 10.9. The summed E-state index contributed by atoms with van der Waals surface area (Å²) < 4.78 is 0. The van der Waals surface area contributed by atoms with Gasteiger partial charge in [-0.3, -0.25) is 0 Å². The van der Waals surface area contributed by atoms with Gasteiger partial charge in [0.25, 0.3) is 0 Å². The fraction of sp³-hybridized carbons (Fsp3) is 0.619. The van der Waals surface area contributed by atoms with Crippen LogP contribution in [0.25, 0.3) is 6.08 Å². The Balaban J connectivity index is 1.88. The minimum Gasteiger partial charge on any atom is -0.388 e. The summed E-state index contributed by atoms with van der Waals surface area (Å²) in [7, 11) is 0. The van der Waals surface area contributed by atoms with Crippen molar-refractivity contribution in [2.24, 2.45) is 16.7 Å². The number of hydrogen-bond acceptors (Lipinski definition) is 2. The highest BCUT2D eigenvalue weighted by Gasteiger charge is 2.63. The summed E-state index contributed by atoms with van der Waals surface area (Å²) in [5.41, 5.74) is 3.96. The second kappa shape index (κ2) is 5.66. The molecule has 2 fully saturated rings. The molecule has 2 saturated carbocycles. The van der Waals surface area contributed by atoms with Gasteiger partial charge in [-0.05, 0) is 61.3 Å². The van der Waals surface area contributed by atoms with Crippen LogP contribution >= 0.6 is 0 Å². The Bertz CT molecular complexity index is 597. The summed E-state index contributed by atoms with van der Waals surface area (Å²) in [6, 6.07) is 8.78. The SMILES string of the molecule is CCN(CC)c1ccc(C=C2C3CCC(C)(C2O)C3(C)C)cc1. The van der Waals surface area contributed by atoms with E-state index in [1.54, 1.807) is 0 Å². The molecule has 0 aliphatic heterocycles. The number of aliphatic hydroxyl groups is 1. The Hall–Kier alpha value is -1.28. The highest BCUT2D eigenvalue weighted by atomic mass is 16.3. The fourth-order valence-electron chi connectivity index (χ4n) is 4.90. The van der Waals surface area contributed by atoms with Crippen LogP contribution in [0.3, 0.4) is 0 Å².